The fourth-order valence-electron chi connectivity index (χ4n) is 2.35. The number of sulfonamides is 1. The summed E-state index contributed by atoms with van der Waals surface area (Å²) in [5.41, 5.74) is 4.57. The number of rotatable bonds is 8. The van der Waals surface area contributed by atoms with E-state index in [1.165, 1.54) is 13.3 Å². The Morgan fingerprint density at radius 2 is 1.64 bits per heavy atom. The van der Waals surface area contributed by atoms with E-state index in [0.29, 0.717) is 11.4 Å². The quantitative estimate of drug-likeness (QED) is 0.534. The second-order valence-corrected chi connectivity index (χ2v) is 8.15. The number of carbonyl (C=O) groups excluding carboxylic acids is 1. The number of anilines is 2. The highest BCUT2D eigenvalue weighted by atomic mass is 32.2. The number of carbonyl (C=O) groups is 1. The third-order valence-corrected chi connectivity index (χ3v) is 5.00. The van der Waals surface area contributed by atoms with Crippen LogP contribution >= 0.6 is 0 Å². The third kappa shape index (κ3) is 5.98. The zero-order valence-electron chi connectivity index (χ0n) is 16.3. The van der Waals surface area contributed by atoms with Crippen LogP contribution in [0, 0.1) is 0 Å². The average molecular weight is 404 g/mol. The van der Waals surface area contributed by atoms with Crippen LogP contribution in [0.4, 0.5) is 11.4 Å². The van der Waals surface area contributed by atoms with E-state index >= 15 is 0 Å². The summed E-state index contributed by atoms with van der Waals surface area (Å²) in [7, 11) is 1.76. The van der Waals surface area contributed by atoms with E-state index in [4.69, 9.17) is 4.74 Å². The van der Waals surface area contributed by atoms with E-state index in [1.54, 1.807) is 24.3 Å². The van der Waals surface area contributed by atoms with Gasteiger partial charge < -0.3 is 9.64 Å². The van der Waals surface area contributed by atoms with Crippen molar-refractivity contribution in [1.82, 2.24) is 5.43 Å². The summed E-state index contributed by atoms with van der Waals surface area (Å²) in [5.74, 6) is 0.0361. The summed E-state index contributed by atoms with van der Waals surface area (Å²) in [4.78, 5) is 14.1. The molecule has 0 atom stereocenters. The molecule has 8 nitrogen and oxygen atoms in total. The Labute approximate surface area is 165 Å². The Morgan fingerprint density at radius 3 is 2.14 bits per heavy atom. The Morgan fingerprint density at radius 1 is 1.07 bits per heavy atom. The van der Waals surface area contributed by atoms with E-state index in [-0.39, 0.29) is 6.54 Å². The molecule has 9 heteroatoms. The summed E-state index contributed by atoms with van der Waals surface area (Å²) < 4.78 is 30.2. The van der Waals surface area contributed by atoms with Crippen LogP contribution in [0.3, 0.4) is 0 Å². The monoisotopic (exact) mass is 404 g/mol. The van der Waals surface area contributed by atoms with Gasteiger partial charge in [-0.25, -0.2) is 13.8 Å². The van der Waals surface area contributed by atoms with Gasteiger partial charge >= 0.3 is 0 Å². The van der Waals surface area contributed by atoms with Crippen LogP contribution in [0.5, 0.6) is 5.75 Å². The molecule has 1 amide bonds. The van der Waals surface area contributed by atoms with Crippen molar-refractivity contribution < 1.29 is 17.9 Å². The largest absolute Gasteiger partial charge is 0.497 e. The maximum atomic E-state index is 12.2. The highest BCUT2D eigenvalue weighted by Gasteiger charge is 2.20. The van der Waals surface area contributed by atoms with Crippen molar-refractivity contribution in [2.24, 2.45) is 5.10 Å². The van der Waals surface area contributed by atoms with Gasteiger partial charge in [-0.05, 0) is 42.0 Å². The minimum absolute atomic E-state index is 0.363. The summed E-state index contributed by atoms with van der Waals surface area (Å²) in [5, 5.41) is 3.89. The van der Waals surface area contributed by atoms with Crippen LogP contribution in [-0.2, 0) is 14.8 Å². The highest BCUT2D eigenvalue weighted by Crippen LogP contribution is 2.21. The second kappa shape index (κ2) is 9.23. The smallest absolute Gasteiger partial charge is 0.260 e. The molecule has 150 valence electrons. The summed E-state index contributed by atoms with van der Waals surface area (Å²) in [6.45, 7) is -0.387. The lowest BCUT2D eigenvalue weighted by Gasteiger charge is -2.21. The lowest BCUT2D eigenvalue weighted by molar-refractivity contribution is -0.119. The Kier molecular flexibility index (Phi) is 7.00. The molecule has 0 aliphatic rings. The van der Waals surface area contributed by atoms with E-state index in [1.807, 2.05) is 43.3 Å². The van der Waals surface area contributed by atoms with Gasteiger partial charge in [0.2, 0.25) is 10.0 Å². The summed E-state index contributed by atoms with van der Waals surface area (Å²) in [6, 6.07) is 14.0. The van der Waals surface area contributed by atoms with Crippen LogP contribution < -0.4 is 19.4 Å². The van der Waals surface area contributed by atoms with Crippen molar-refractivity contribution in [3.63, 3.8) is 0 Å². The van der Waals surface area contributed by atoms with Gasteiger partial charge in [0.15, 0.2) is 0 Å². The van der Waals surface area contributed by atoms with Crippen molar-refractivity contribution >= 4 is 33.5 Å². The molecule has 2 rings (SSSR count). The van der Waals surface area contributed by atoms with Crippen molar-refractivity contribution in [3.05, 3.63) is 54.1 Å². The molecule has 0 spiro atoms. The van der Waals surface area contributed by atoms with Gasteiger partial charge in [-0.2, -0.15) is 5.10 Å². The number of nitrogens with one attached hydrogen (secondary N) is 1. The SMILES string of the molecule is COc1ccc(N(CC(=O)N/N=C\c2ccc(N(C)C)cc2)S(C)(=O)=O)cc1. The zero-order valence-corrected chi connectivity index (χ0v) is 17.1. The minimum atomic E-state index is -3.65. The molecule has 0 aliphatic heterocycles. The number of benzene rings is 2. The highest BCUT2D eigenvalue weighted by molar-refractivity contribution is 7.92. The predicted molar refractivity (Wildman–Crippen MR) is 112 cm³/mol. The van der Waals surface area contributed by atoms with E-state index in [9.17, 15) is 13.2 Å². The van der Waals surface area contributed by atoms with E-state index in [0.717, 1.165) is 21.8 Å². The van der Waals surface area contributed by atoms with Crippen molar-refractivity contribution in [1.29, 1.82) is 0 Å². The molecule has 2 aromatic carbocycles. The van der Waals surface area contributed by atoms with Gasteiger partial charge in [-0.3, -0.25) is 9.10 Å². The van der Waals surface area contributed by atoms with Crippen LogP contribution in [-0.4, -0.2) is 54.5 Å². The normalized spacial score (nSPS) is 11.3. The summed E-state index contributed by atoms with van der Waals surface area (Å²) >= 11 is 0. The number of nitrogens with zero attached hydrogens (tertiary/aromatic N) is 3. The molecular formula is C19H24N4O4S. The Balaban J connectivity index is 2.03. The first-order chi connectivity index (χ1) is 13.2. The number of hydrogen-bond donors (Lipinski definition) is 1. The maximum Gasteiger partial charge on any atom is 0.260 e. The molecule has 0 saturated heterocycles. The molecule has 0 aromatic heterocycles. The van der Waals surface area contributed by atoms with Crippen molar-refractivity contribution in [2.75, 3.05) is 43.2 Å². The van der Waals surface area contributed by atoms with Gasteiger partial charge in [0.1, 0.15) is 12.3 Å². The molecule has 0 aliphatic carbocycles. The van der Waals surface area contributed by atoms with Crippen LogP contribution in [0.1, 0.15) is 5.56 Å². The van der Waals surface area contributed by atoms with E-state index < -0.39 is 15.9 Å². The Hall–Kier alpha value is -3.07. The number of hydrogen-bond acceptors (Lipinski definition) is 6. The third-order valence-electron chi connectivity index (χ3n) is 3.86. The first-order valence-electron chi connectivity index (χ1n) is 8.42. The van der Waals surface area contributed by atoms with Gasteiger partial charge in [0.25, 0.3) is 5.91 Å². The number of amides is 1. The number of hydrazone groups is 1. The fraction of sp³-hybridized carbons (Fsp3) is 0.263. The molecule has 28 heavy (non-hydrogen) atoms. The Bertz CT molecular complexity index is 923. The zero-order chi connectivity index (χ0) is 20.7. The lowest BCUT2D eigenvalue weighted by atomic mass is 10.2. The lowest BCUT2D eigenvalue weighted by Crippen LogP contribution is -2.39. The van der Waals surface area contributed by atoms with Gasteiger partial charge in [-0.15, -0.1) is 0 Å². The van der Waals surface area contributed by atoms with Crippen molar-refractivity contribution in [2.45, 2.75) is 0 Å². The first kappa shape index (κ1) is 21.2. The molecule has 0 fully saturated rings. The van der Waals surface area contributed by atoms with Gasteiger partial charge in [0, 0.05) is 19.8 Å². The maximum absolute atomic E-state index is 12.2. The molecule has 0 bridgehead atoms. The average Bonchev–Trinajstić information content (AvgIpc) is 2.66. The topological polar surface area (TPSA) is 91.3 Å². The molecule has 2 aromatic rings. The molecule has 1 N–H and O–H groups in total. The standard InChI is InChI=1S/C19H24N4O4S/c1-22(2)16-7-5-15(6-8-16)13-20-21-19(24)14-23(28(4,25)26)17-9-11-18(27-3)12-10-17/h5-13H,14H2,1-4H3,(H,21,24)/b20-13-. The van der Waals surface area contributed by atoms with Gasteiger partial charge in [-0.1, -0.05) is 12.1 Å². The molecule has 0 unspecified atom stereocenters. The molecular weight excluding hydrogens is 380 g/mol. The van der Waals surface area contributed by atoms with Gasteiger partial charge in [0.05, 0.1) is 25.3 Å². The van der Waals surface area contributed by atoms with E-state index in [2.05, 4.69) is 10.5 Å². The van der Waals surface area contributed by atoms with Crippen molar-refractivity contribution in [3.8, 4) is 5.75 Å². The fourth-order valence-corrected chi connectivity index (χ4v) is 3.21. The number of ether oxygens (including phenoxy) is 1. The van der Waals surface area contributed by atoms with Crippen LogP contribution in [0.25, 0.3) is 0 Å². The van der Waals surface area contributed by atoms with Crippen LogP contribution in [0.15, 0.2) is 53.6 Å². The molecule has 0 radical (unpaired) electrons. The number of methoxy groups -OCH3 is 1. The summed E-state index contributed by atoms with van der Waals surface area (Å²) in [6.07, 6.45) is 2.54. The second-order valence-electron chi connectivity index (χ2n) is 6.25. The first-order valence-corrected chi connectivity index (χ1v) is 10.3. The minimum Gasteiger partial charge on any atom is -0.497 e. The predicted octanol–water partition coefficient (Wildman–Crippen LogP) is 1.68. The molecule has 0 heterocycles. The van der Waals surface area contributed by atoms with Crippen LogP contribution in [0.2, 0.25) is 0 Å². The molecule has 0 saturated carbocycles.